The van der Waals surface area contributed by atoms with Gasteiger partial charge in [-0.2, -0.15) is 5.26 Å². The number of nitrogens with one attached hydrogen (secondary N) is 1. The predicted octanol–water partition coefficient (Wildman–Crippen LogP) is 3.59. The summed E-state index contributed by atoms with van der Waals surface area (Å²) in [6.07, 6.45) is 0. The summed E-state index contributed by atoms with van der Waals surface area (Å²) in [6, 6.07) is 16.9. The van der Waals surface area contributed by atoms with Crippen molar-refractivity contribution in [2.45, 2.75) is 25.6 Å². The van der Waals surface area contributed by atoms with Crippen molar-refractivity contribution in [2.75, 3.05) is 18.1 Å². The van der Waals surface area contributed by atoms with Gasteiger partial charge in [0.15, 0.2) is 0 Å². The lowest BCUT2D eigenvalue weighted by Gasteiger charge is -2.21. The Kier molecular flexibility index (Phi) is 7.44. The number of carbonyl (C=O) groups excluding carboxylic acids is 2. The number of hydrogen-bond donors (Lipinski definition) is 1. The van der Waals surface area contributed by atoms with Gasteiger partial charge in [0.25, 0.3) is 0 Å². The maximum absolute atomic E-state index is 12.5. The van der Waals surface area contributed by atoms with E-state index in [1.807, 2.05) is 37.3 Å². The van der Waals surface area contributed by atoms with Crippen LogP contribution in [0.1, 0.15) is 23.6 Å². The Balaban J connectivity index is 1.82. The Hall–Kier alpha value is -2.78. The summed E-state index contributed by atoms with van der Waals surface area (Å²) < 4.78 is 0. The Bertz CT molecular complexity index is 843. The van der Waals surface area contributed by atoms with E-state index in [4.69, 9.17) is 5.26 Å². The van der Waals surface area contributed by atoms with Crippen molar-refractivity contribution in [1.82, 2.24) is 4.90 Å². The minimum absolute atomic E-state index is 0.0505. The summed E-state index contributed by atoms with van der Waals surface area (Å²) in [5.41, 5.74) is 3.35. The fourth-order valence-corrected chi connectivity index (χ4v) is 3.30. The van der Waals surface area contributed by atoms with Crippen molar-refractivity contribution < 1.29 is 9.59 Å². The number of amides is 2. The zero-order chi connectivity index (χ0) is 19.8. The Morgan fingerprint density at radius 1 is 1.22 bits per heavy atom. The molecule has 0 fully saturated rings. The summed E-state index contributed by atoms with van der Waals surface area (Å²) in [5, 5.41) is 11.5. The summed E-state index contributed by atoms with van der Waals surface area (Å²) in [7, 11) is 1.73. The van der Waals surface area contributed by atoms with Gasteiger partial charge in [0.1, 0.15) is 0 Å². The minimum Gasteiger partial charge on any atom is -0.340 e. The number of aryl methyl sites for hydroxylation is 1. The third-order valence-corrected chi connectivity index (χ3v) is 5.13. The zero-order valence-electron chi connectivity index (χ0n) is 15.7. The van der Waals surface area contributed by atoms with Gasteiger partial charge in [-0.25, -0.2) is 0 Å². The number of carbonyl (C=O) groups is 2. The van der Waals surface area contributed by atoms with Crippen LogP contribution in [0.3, 0.4) is 0 Å². The molecule has 5 nitrogen and oxygen atoms in total. The van der Waals surface area contributed by atoms with Crippen LogP contribution in [0.15, 0.2) is 48.5 Å². The topological polar surface area (TPSA) is 73.2 Å². The Morgan fingerprint density at radius 2 is 1.93 bits per heavy atom. The highest BCUT2D eigenvalue weighted by Gasteiger charge is 2.19. The first-order valence-electron chi connectivity index (χ1n) is 8.61. The molecule has 2 amide bonds. The van der Waals surface area contributed by atoms with Gasteiger partial charge < -0.3 is 10.2 Å². The molecule has 0 heterocycles. The molecular formula is C21H23N3O2S. The molecule has 2 aromatic rings. The summed E-state index contributed by atoms with van der Waals surface area (Å²) in [6.45, 7) is 4.21. The van der Waals surface area contributed by atoms with E-state index in [2.05, 4.69) is 11.4 Å². The van der Waals surface area contributed by atoms with E-state index >= 15 is 0 Å². The second kappa shape index (κ2) is 9.79. The van der Waals surface area contributed by atoms with Crippen molar-refractivity contribution in [3.8, 4) is 6.07 Å². The van der Waals surface area contributed by atoms with Crippen LogP contribution < -0.4 is 5.32 Å². The average molecular weight is 382 g/mol. The lowest BCUT2D eigenvalue weighted by Crippen LogP contribution is -2.33. The molecule has 27 heavy (non-hydrogen) atoms. The van der Waals surface area contributed by atoms with E-state index in [1.54, 1.807) is 37.1 Å². The number of benzene rings is 2. The first-order chi connectivity index (χ1) is 12.9. The smallest absolute Gasteiger partial charge is 0.235 e. The Labute approximate surface area is 164 Å². The molecule has 2 rings (SSSR count). The van der Waals surface area contributed by atoms with E-state index in [1.165, 1.54) is 11.8 Å². The number of nitrogens with zero attached hydrogens (tertiary/aromatic N) is 2. The lowest BCUT2D eigenvalue weighted by atomic mass is 10.1. The lowest BCUT2D eigenvalue weighted by molar-refractivity contribution is -0.129. The molecule has 6 heteroatoms. The molecule has 0 radical (unpaired) electrons. The van der Waals surface area contributed by atoms with Crippen LogP contribution in [0.25, 0.3) is 0 Å². The van der Waals surface area contributed by atoms with Crippen molar-refractivity contribution in [2.24, 2.45) is 0 Å². The normalized spacial score (nSPS) is 11.3. The molecule has 0 saturated carbocycles. The molecule has 0 aliphatic rings. The fourth-order valence-electron chi connectivity index (χ4n) is 2.51. The van der Waals surface area contributed by atoms with E-state index in [0.29, 0.717) is 12.1 Å². The predicted molar refractivity (Wildman–Crippen MR) is 109 cm³/mol. The molecule has 0 bridgehead atoms. The van der Waals surface area contributed by atoms with Gasteiger partial charge in [-0.1, -0.05) is 29.8 Å². The molecular weight excluding hydrogens is 358 g/mol. The van der Waals surface area contributed by atoms with Gasteiger partial charge >= 0.3 is 0 Å². The van der Waals surface area contributed by atoms with E-state index in [0.717, 1.165) is 16.8 Å². The SMILES string of the molecule is Cc1ccc(NC(=O)CSC(C)C(=O)N(C)Cc2cccc(C#N)c2)cc1. The van der Waals surface area contributed by atoms with E-state index in [9.17, 15) is 9.59 Å². The van der Waals surface area contributed by atoms with Crippen LogP contribution >= 0.6 is 11.8 Å². The zero-order valence-corrected chi connectivity index (χ0v) is 16.5. The van der Waals surface area contributed by atoms with Crippen LogP contribution in [0.5, 0.6) is 0 Å². The molecule has 0 spiro atoms. The number of anilines is 1. The maximum atomic E-state index is 12.5. The van der Waals surface area contributed by atoms with Crippen molar-refractivity contribution >= 4 is 29.3 Å². The number of hydrogen-bond acceptors (Lipinski definition) is 4. The van der Waals surface area contributed by atoms with E-state index < -0.39 is 0 Å². The molecule has 1 N–H and O–H groups in total. The molecule has 1 atom stereocenters. The van der Waals surface area contributed by atoms with Gasteiger partial charge in [-0.3, -0.25) is 9.59 Å². The van der Waals surface area contributed by atoms with Gasteiger partial charge in [0, 0.05) is 19.3 Å². The standard InChI is InChI=1S/C21H23N3O2S/c1-15-7-9-19(10-8-15)23-20(25)14-27-16(2)21(26)24(3)13-18-6-4-5-17(11-18)12-22/h4-11,16H,13-14H2,1-3H3,(H,23,25). The highest BCUT2D eigenvalue weighted by atomic mass is 32.2. The van der Waals surface area contributed by atoms with E-state index in [-0.39, 0.29) is 22.8 Å². The molecule has 1 unspecified atom stereocenters. The third-order valence-electron chi connectivity index (χ3n) is 4.00. The Morgan fingerprint density at radius 3 is 2.59 bits per heavy atom. The largest absolute Gasteiger partial charge is 0.340 e. The molecule has 140 valence electrons. The van der Waals surface area contributed by atoms with Gasteiger partial charge in [-0.05, 0) is 43.7 Å². The molecule has 2 aromatic carbocycles. The van der Waals surface area contributed by atoms with Crippen LogP contribution in [0.4, 0.5) is 5.69 Å². The van der Waals surface area contributed by atoms with Crippen molar-refractivity contribution in [3.63, 3.8) is 0 Å². The summed E-state index contributed by atoms with van der Waals surface area (Å²) in [4.78, 5) is 26.2. The van der Waals surface area contributed by atoms with Crippen LogP contribution in [-0.4, -0.2) is 34.8 Å². The monoisotopic (exact) mass is 381 g/mol. The minimum atomic E-state index is -0.335. The molecule has 0 aliphatic heterocycles. The number of nitriles is 1. The van der Waals surface area contributed by atoms with Gasteiger partial charge in [-0.15, -0.1) is 11.8 Å². The highest BCUT2D eigenvalue weighted by Crippen LogP contribution is 2.16. The summed E-state index contributed by atoms with van der Waals surface area (Å²) in [5.74, 6) is 0.0248. The van der Waals surface area contributed by atoms with Gasteiger partial charge in [0.05, 0.1) is 22.6 Å². The highest BCUT2D eigenvalue weighted by molar-refractivity contribution is 8.01. The maximum Gasteiger partial charge on any atom is 0.235 e. The number of thioether (sulfide) groups is 1. The number of rotatable bonds is 7. The fraction of sp³-hybridized carbons (Fsp3) is 0.286. The van der Waals surface area contributed by atoms with Crippen molar-refractivity contribution in [3.05, 3.63) is 65.2 Å². The third kappa shape index (κ3) is 6.46. The molecule has 0 saturated heterocycles. The summed E-state index contributed by atoms with van der Waals surface area (Å²) >= 11 is 1.31. The molecule has 0 aromatic heterocycles. The van der Waals surface area contributed by atoms with Crippen LogP contribution in [-0.2, 0) is 16.1 Å². The van der Waals surface area contributed by atoms with Crippen molar-refractivity contribution in [1.29, 1.82) is 5.26 Å². The second-order valence-electron chi connectivity index (χ2n) is 6.37. The average Bonchev–Trinajstić information content (AvgIpc) is 2.67. The second-order valence-corrected chi connectivity index (χ2v) is 7.70. The van der Waals surface area contributed by atoms with Crippen LogP contribution in [0, 0.1) is 18.3 Å². The first-order valence-corrected chi connectivity index (χ1v) is 9.66. The van der Waals surface area contributed by atoms with Gasteiger partial charge in [0.2, 0.25) is 11.8 Å². The quantitative estimate of drug-likeness (QED) is 0.795. The molecule has 0 aliphatic carbocycles. The first kappa shape index (κ1) is 20.5. The van der Waals surface area contributed by atoms with Crippen LogP contribution in [0.2, 0.25) is 0 Å².